The first kappa shape index (κ1) is 10.3. The first-order chi connectivity index (χ1) is 4.98. The van der Waals surface area contributed by atoms with E-state index >= 15 is 0 Å². The highest BCUT2D eigenvalue weighted by Crippen LogP contribution is 1.93. The summed E-state index contributed by atoms with van der Waals surface area (Å²) in [4.78, 5) is 10.1. The van der Waals surface area contributed by atoms with Crippen molar-refractivity contribution in [1.82, 2.24) is 0 Å². The molecule has 0 aromatic carbocycles. The van der Waals surface area contributed by atoms with Gasteiger partial charge in [0.25, 0.3) is 0 Å². The number of hydrogen-bond donors (Lipinski definition) is 1. The van der Waals surface area contributed by atoms with Crippen molar-refractivity contribution in [2.45, 2.75) is 6.42 Å². The first-order valence-corrected chi connectivity index (χ1v) is 4.85. The highest BCUT2D eigenvalue weighted by Gasteiger charge is 2.13. The SMILES string of the molecule is NC(=O)CS(=O)(=O)CCCF. The number of alkyl halides is 1. The summed E-state index contributed by atoms with van der Waals surface area (Å²) >= 11 is 0. The van der Waals surface area contributed by atoms with Crippen LogP contribution < -0.4 is 5.73 Å². The van der Waals surface area contributed by atoms with E-state index in [1.165, 1.54) is 0 Å². The molecular formula is C5H10FNO3S. The smallest absolute Gasteiger partial charge is 0.232 e. The summed E-state index contributed by atoms with van der Waals surface area (Å²) in [5.74, 6) is -1.90. The molecule has 0 atom stereocenters. The minimum Gasteiger partial charge on any atom is -0.369 e. The zero-order valence-corrected chi connectivity index (χ0v) is 6.73. The molecule has 0 bridgehead atoms. The Morgan fingerprint density at radius 2 is 2.00 bits per heavy atom. The van der Waals surface area contributed by atoms with Gasteiger partial charge < -0.3 is 5.73 Å². The van der Waals surface area contributed by atoms with Crippen LogP contribution in [0.2, 0.25) is 0 Å². The molecule has 0 aliphatic heterocycles. The van der Waals surface area contributed by atoms with E-state index in [0.717, 1.165) is 0 Å². The number of primary amides is 1. The zero-order chi connectivity index (χ0) is 8.91. The van der Waals surface area contributed by atoms with Gasteiger partial charge in [-0.3, -0.25) is 9.18 Å². The molecule has 0 fully saturated rings. The number of rotatable bonds is 5. The topological polar surface area (TPSA) is 77.2 Å². The first-order valence-electron chi connectivity index (χ1n) is 3.02. The second-order valence-corrected chi connectivity index (χ2v) is 4.28. The van der Waals surface area contributed by atoms with Crippen molar-refractivity contribution in [3.63, 3.8) is 0 Å². The molecule has 66 valence electrons. The fourth-order valence-corrected chi connectivity index (χ4v) is 1.69. The van der Waals surface area contributed by atoms with Crippen LogP contribution in [0.15, 0.2) is 0 Å². The van der Waals surface area contributed by atoms with E-state index in [-0.39, 0.29) is 12.2 Å². The van der Waals surface area contributed by atoms with Crippen LogP contribution in [0.1, 0.15) is 6.42 Å². The van der Waals surface area contributed by atoms with Gasteiger partial charge in [0, 0.05) is 0 Å². The van der Waals surface area contributed by atoms with Crippen molar-refractivity contribution >= 4 is 15.7 Å². The second-order valence-electron chi connectivity index (χ2n) is 2.10. The van der Waals surface area contributed by atoms with Gasteiger partial charge in [0.15, 0.2) is 9.84 Å². The molecule has 0 aromatic heterocycles. The molecule has 0 rings (SSSR count). The average Bonchev–Trinajstić information content (AvgIpc) is 1.81. The molecule has 0 aliphatic rings. The van der Waals surface area contributed by atoms with E-state index in [1.54, 1.807) is 0 Å². The van der Waals surface area contributed by atoms with Crippen LogP contribution in [-0.4, -0.2) is 32.5 Å². The number of halogens is 1. The Morgan fingerprint density at radius 3 is 2.36 bits per heavy atom. The van der Waals surface area contributed by atoms with Crippen molar-refractivity contribution in [1.29, 1.82) is 0 Å². The maximum absolute atomic E-state index is 11.5. The Bertz CT molecular complexity index is 224. The number of nitrogens with two attached hydrogens (primary N) is 1. The molecule has 0 heterocycles. The molecule has 0 spiro atoms. The van der Waals surface area contributed by atoms with Crippen molar-refractivity contribution in [2.24, 2.45) is 5.73 Å². The summed E-state index contributed by atoms with van der Waals surface area (Å²) in [6, 6.07) is 0. The van der Waals surface area contributed by atoms with Crippen LogP contribution in [0.4, 0.5) is 4.39 Å². The molecule has 0 radical (unpaired) electrons. The molecule has 6 heteroatoms. The van der Waals surface area contributed by atoms with Crippen LogP contribution in [-0.2, 0) is 14.6 Å². The van der Waals surface area contributed by atoms with Gasteiger partial charge >= 0.3 is 0 Å². The highest BCUT2D eigenvalue weighted by molar-refractivity contribution is 7.92. The fraction of sp³-hybridized carbons (Fsp3) is 0.800. The normalized spacial score (nSPS) is 11.4. The third-order valence-corrected chi connectivity index (χ3v) is 2.59. The second kappa shape index (κ2) is 4.27. The molecular weight excluding hydrogens is 173 g/mol. The van der Waals surface area contributed by atoms with Gasteiger partial charge in [0.1, 0.15) is 5.75 Å². The summed E-state index contributed by atoms with van der Waals surface area (Å²) < 4.78 is 32.9. The van der Waals surface area contributed by atoms with E-state index in [1.807, 2.05) is 0 Å². The van der Waals surface area contributed by atoms with Gasteiger partial charge in [0.05, 0.1) is 12.4 Å². The van der Waals surface area contributed by atoms with Gasteiger partial charge in [-0.25, -0.2) is 8.42 Å². The predicted molar refractivity (Wildman–Crippen MR) is 38.4 cm³/mol. The van der Waals surface area contributed by atoms with Crippen LogP contribution in [0.25, 0.3) is 0 Å². The Hall–Kier alpha value is -0.650. The van der Waals surface area contributed by atoms with Crippen LogP contribution in [0.5, 0.6) is 0 Å². The maximum atomic E-state index is 11.5. The summed E-state index contributed by atoms with van der Waals surface area (Å²) in [5, 5.41) is 0. The Labute approximate surface area is 64.5 Å². The lowest BCUT2D eigenvalue weighted by Crippen LogP contribution is -2.25. The van der Waals surface area contributed by atoms with E-state index in [2.05, 4.69) is 5.73 Å². The van der Waals surface area contributed by atoms with Crippen LogP contribution in [0, 0.1) is 0 Å². The molecule has 0 aliphatic carbocycles. The van der Waals surface area contributed by atoms with Gasteiger partial charge in [-0.05, 0) is 6.42 Å². The van der Waals surface area contributed by atoms with Crippen molar-refractivity contribution in [3.05, 3.63) is 0 Å². The number of carbonyl (C=O) groups excluding carboxylic acids is 1. The molecule has 1 amide bonds. The number of carbonyl (C=O) groups is 1. The van der Waals surface area contributed by atoms with Gasteiger partial charge in [-0.2, -0.15) is 0 Å². The molecule has 0 unspecified atom stereocenters. The van der Waals surface area contributed by atoms with Gasteiger partial charge in [-0.15, -0.1) is 0 Å². The molecule has 0 saturated heterocycles. The van der Waals surface area contributed by atoms with Crippen molar-refractivity contribution < 1.29 is 17.6 Å². The Balaban J connectivity index is 3.92. The highest BCUT2D eigenvalue weighted by atomic mass is 32.2. The van der Waals surface area contributed by atoms with Gasteiger partial charge in [-0.1, -0.05) is 0 Å². The van der Waals surface area contributed by atoms with Gasteiger partial charge in [0.2, 0.25) is 5.91 Å². The van der Waals surface area contributed by atoms with E-state index in [9.17, 15) is 17.6 Å². The van der Waals surface area contributed by atoms with Crippen LogP contribution in [0.3, 0.4) is 0 Å². The third kappa shape index (κ3) is 5.78. The minimum absolute atomic E-state index is 0.0738. The number of sulfone groups is 1. The van der Waals surface area contributed by atoms with Crippen molar-refractivity contribution in [3.8, 4) is 0 Å². The Kier molecular flexibility index (Phi) is 4.02. The van der Waals surface area contributed by atoms with E-state index in [0.29, 0.717) is 0 Å². The largest absolute Gasteiger partial charge is 0.369 e. The van der Waals surface area contributed by atoms with Crippen LogP contribution >= 0.6 is 0 Å². The standard InChI is InChI=1S/C5H10FNO3S/c6-2-1-3-11(9,10)4-5(7)8/h1-4H2,(H2,7,8). The average molecular weight is 183 g/mol. The summed E-state index contributed by atoms with van der Waals surface area (Å²) in [5.41, 5.74) is 4.64. The monoisotopic (exact) mass is 183 g/mol. The minimum atomic E-state index is -3.46. The van der Waals surface area contributed by atoms with E-state index < -0.39 is 28.2 Å². The quantitative estimate of drug-likeness (QED) is 0.609. The third-order valence-electron chi connectivity index (χ3n) is 0.951. The zero-order valence-electron chi connectivity index (χ0n) is 5.92. The summed E-state index contributed by atoms with van der Waals surface area (Å²) in [6.07, 6.45) is -0.0738. The van der Waals surface area contributed by atoms with E-state index in [4.69, 9.17) is 0 Å². The maximum Gasteiger partial charge on any atom is 0.232 e. The molecule has 4 nitrogen and oxygen atoms in total. The molecule has 0 saturated carbocycles. The Morgan fingerprint density at radius 1 is 1.45 bits per heavy atom. The number of hydrogen-bond acceptors (Lipinski definition) is 3. The molecule has 2 N–H and O–H groups in total. The predicted octanol–water partition coefficient (Wildman–Crippen LogP) is -0.754. The summed E-state index contributed by atoms with van der Waals surface area (Å²) in [6.45, 7) is -0.696. The summed E-state index contributed by atoms with van der Waals surface area (Å²) in [7, 11) is -3.46. The number of amides is 1. The molecule has 11 heavy (non-hydrogen) atoms. The molecule has 0 aromatic rings. The lowest BCUT2D eigenvalue weighted by atomic mass is 10.6. The van der Waals surface area contributed by atoms with Crippen molar-refractivity contribution in [2.75, 3.05) is 18.2 Å². The lowest BCUT2D eigenvalue weighted by molar-refractivity contribution is -0.115. The fourth-order valence-electron chi connectivity index (χ4n) is 0.563. The lowest BCUT2D eigenvalue weighted by Gasteiger charge is -1.97.